The third-order valence-corrected chi connectivity index (χ3v) is 8.38. The molecule has 0 aliphatic heterocycles. The Kier molecular flexibility index (Phi) is 29.0. The molecule has 1 rings (SSSR count). The van der Waals surface area contributed by atoms with E-state index in [1.807, 2.05) is 0 Å². The molecule has 0 aromatic carbocycles. The second-order valence-electron chi connectivity index (χ2n) is 6.98. The zero-order chi connectivity index (χ0) is 18.4. The van der Waals surface area contributed by atoms with Gasteiger partial charge < -0.3 is 35.6 Å². The van der Waals surface area contributed by atoms with Crippen LogP contribution < -0.4 is 0 Å². The van der Waals surface area contributed by atoms with Crippen molar-refractivity contribution in [1.29, 1.82) is 0 Å². The molecular weight excluding hydrogens is 559 g/mol. The third-order valence-electron chi connectivity index (χ3n) is 5.22. The van der Waals surface area contributed by atoms with Crippen molar-refractivity contribution in [2.24, 2.45) is 0 Å². The van der Waals surface area contributed by atoms with E-state index in [-0.39, 0.29) is 48.9 Å². The maximum Gasteiger partial charge on any atom is 4.00 e. The summed E-state index contributed by atoms with van der Waals surface area (Å²) in [5.41, 5.74) is 1.42. The molecule has 0 aromatic rings. The summed E-state index contributed by atoms with van der Waals surface area (Å²) in [4.78, 5) is 0. The van der Waals surface area contributed by atoms with Crippen LogP contribution in [0, 0.1) is 28.4 Å². The van der Waals surface area contributed by atoms with Crippen LogP contribution in [0.3, 0.4) is 0 Å². The Bertz CT molecular complexity index is 387. The van der Waals surface area contributed by atoms with Crippen molar-refractivity contribution in [1.82, 2.24) is 0 Å². The van der Waals surface area contributed by atoms with Gasteiger partial charge in [-0.05, 0) is 6.42 Å². The van der Waals surface area contributed by atoms with Crippen LogP contribution in [0.1, 0.15) is 84.0 Å². The van der Waals surface area contributed by atoms with Gasteiger partial charge in [0.1, 0.15) is 0 Å². The molecule has 1 aliphatic carbocycles. The van der Waals surface area contributed by atoms with E-state index in [4.69, 9.17) is 13.3 Å². The molecule has 0 radical (unpaired) electrons. The Morgan fingerprint density at radius 3 is 1.66 bits per heavy atom. The maximum absolute atomic E-state index is 5.75. The molecule has 0 amide bonds. The van der Waals surface area contributed by atoms with Crippen LogP contribution in [0.15, 0.2) is 17.7 Å². The summed E-state index contributed by atoms with van der Waals surface area (Å²) in [6.07, 6.45) is 23.3. The van der Waals surface area contributed by atoms with Gasteiger partial charge in [0.2, 0.25) is 0 Å². The Balaban J connectivity index is -0.000000781. The number of hydrogen-bond acceptors (Lipinski definition) is 3. The second-order valence-corrected chi connectivity index (χ2v) is 10.1. The summed E-state index contributed by atoms with van der Waals surface area (Å²) in [6.45, 7) is 2.27. The Morgan fingerprint density at radius 1 is 0.828 bits per heavy atom. The smallest absolute Gasteiger partial charge is 0.377 e. The normalized spacial score (nSPS) is 13.4. The average Bonchev–Trinajstić information content (AvgIpc) is 3.17. The summed E-state index contributed by atoms with van der Waals surface area (Å²) in [6, 6.07) is 0. The minimum atomic E-state index is -2.66. The molecule has 1 unspecified atom stereocenters. The number of allylic oxidation sites excluding steroid dienone is 4. The fraction of sp³-hybridized carbons (Fsp3) is 0.708. The van der Waals surface area contributed by atoms with Gasteiger partial charge in [-0.3, -0.25) is 6.08 Å². The molecule has 5 heteroatoms. The molecule has 3 nitrogen and oxygen atoms in total. The van der Waals surface area contributed by atoms with Gasteiger partial charge in [-0.15, -0.1) is 6.42 Å². The van der Waals surface area contributed by atoms with Gasteiger partial charge in [-0.1, -0.05) is 71.1 Å². The minimum absolute atomic E-state index is 0. The molecule has 29 heavy (non-hydrogen) atoms. The van der Waals surface area contributed by atoms with Crippen LogP contribution in [-0.2, 0) is 34.3 Å². The van der Waals surface area contributed by atoms with Crippen LogP contribution in [-0.4, -0.2) is 30.1 Å². The molecule has 1 atom stereocenters. The van der Waals surface area contributed by atoms with Gasteiger partial charge >= 0.3 is 29.9 Å². The van der Waals surface area contributed by atoms with Crippen LogP contribution in [0.5, 0.6) is 0 Å². The predicted octanol–water partition coefficient (Wildman–Crippen LogP) is 7.58. The summed E-state index contributed by atoms with van der Waals surface area (Å²) < 4.78 is 17.3. The molecule has 0 fully saturated rings. The number of rotatable bonds is 16. The monoisotopic (exact) mass is 607 g/mol. The van der Waals surface area contributed by atoms with Crippen LogP contribution in [0.2, 0.25) is 5.54 Å². The summed E-state index contributed by atoms with van der Waals surface area (Å²) >= 11 is 0. The average molecular weight is 608 g/mol. The first kappa shape index (κ1) is 36.6. The van der Waals surface area contributed by atoms with Gasteiger partial charge in [0, 0.05) is 26.9 Å². The van der Waals surface area contributed by atoms with Gasteiger partial charge in [-0.2, -0.15) is 6.08 Å². The Hall–Kier alpha value is 0.265. The molecule has 0 saturated carbocycles. The Labute approximate surface area is 199 Å². The molecule has 0 bridgehead atoms. The quantitative estimate of drug-likeness (QED) is 0.103. The molecule has 1 aliphatic rings. The first-order valence-corrected chi connectivity index (χ1v) is 12.0. The van der Waals surface area contributed by atoms with Crippen molar-refractivity contribution in [3.05, 3.63) is 46.1 Å². The van der Waals surface area contributed by atoms with Crippen molar-refractivity contribution in [3.8, 4) is 0 Å². The molecule has 0 heterocycles. The van der Waals surface area contributed by atoms with E-state index in [0.29, 0.717) is 0 Å². The van der Waals surface area contributed by atoms with Gasteiger partial charge in [0.15, 0.2) is 0 Å². The van der Waals surface area contributed by atoms with E-state index < -0.39 is 8.80 Å². The van der Waals surface area contributed by atoms with E-state index in [0.717, 1.165) is 12.8 Å². The van der Waals surface area contributed by atoms with Crippen molar-refractivity contribution >= 4 is 8.80 Å². The van der Waals surface area contributed by atoms with Crippen molar-refractivity contribution < 1.29 is 34.3 Å². The summed E-state index contributed by atoms with van der Waals surface area (Å²) in [7, 11) is 2.48. The zero-order valence-electron chi connectivity index (χ0n) is 20.3. The largest absolute Gasteiger partial charge is 4.00 e. The second kappa shape index (κ2) is 22.9. The topological polar surface area (TPSA) is 27.7 Å². The van der Waals surface area contributed by atoms with Crippen molar-refractivity contribution in [3.63, 3.8) is 0 Å². The van der Waals surface area contributed by atoms with E-state index in [1.54, 1.807) is 21.3 Å². The van der Waals surface area contributed by atoms with Gasteiger partial charge in [0.05, 0.1) is 0 Å². The standard InChI is InChI=1S/C21H39O3Si.3CH3.Pt/c1-5-6-7-8-9-10-11-12-13-14-19-21(20-17-15-16-18-20)25(22-2,23-3)24-4;;;;/h15,17,21H,5-14,16,19H2,1-4H3;3*1H3;/q4*-1;+4. The van der Waals surface area contributed by atoms with Crippen molar-refractivity contribution in [2.75, 3.05) is 21.3 Å². The van der Waals surface area contributed by atoms with E-state index in [2.05, 4.69) is 25.2 Å². The van der Waals surface area contributed by atoms with Crippen LogP contribution in [0.25, 0.3) is 0 Å². The third kappa shape index (κ3) is 13.3. The SMILES string of the molecule is CCCCCCCCCCCCC(C1=[C-]CC=C1)[Si](OC)(OC)OC.[CH3-].[CH3-].[CH3-].[Pt+4]. The fourth-order valence-electron chi connectivity index (χ4n) is 3.70. The zero-order valence-corrected chi connectivity index (χ0v) is 23.5. The van der Waals surface area contributed by atoms with Crippen LogP contribution in [0.4, 0.5) is 0 Å². The first-order chi connectivity index (χ1) is 12.2. The number of hydrogen-bond donors (Lipinski definition) is 0. The molecule has 0 aromatic heterocycles. The maximum atomic E-state index is 5.75. The summed E-state index contributed by atoms with van der Waals surface area (Å²) in [5, 5.41) is 0. The molecular formula is C24H48O3PtSi. The van der Waals surface area contributed by atoms with Crippen molar-refractivity contribution in [2.45, 2.75) is 89.5 Å². The molecule has 0 N–H and O–H groups in total. The van der Waals surface area contributed by atoms with E-state index in [1.165, 1.54) is 69.8 Å². The van der Waals surface area contributed by atoms with Gasteiger partial charge in [0.25, 0.3) is 0 Å². The molecule has 0 spiro atoms. The van der Waals surface area contributed by atoms with E-state index in [9.17, 15) is 0 Å². The minimum Gasteiger partial charge on any atom is -0.377 e. The molecule has 0 saturated heterocycles. The first-order valence-electron chi connectivity index (χ1n) is 10.2. The van der Waals surface area contributed by atoms with E-state index >= 15 is 0 Å². The van der Waals surface area contributed by atoms with Crippen LogP contribution >= 0.6 is 0 Å². The Morgan fingerprint density at radius 2 is 1.28 bits per heavy atom. The predicted molar refractivity (Wildman–Crippen MR) is 127 cm³/mol. The fourth-order valence-corrected chi connectivity index (χ4v) is 6.19. The number of unbranched alkanes of at least 4 members (excludes halogenated alkanes) is 9. The van der Waals surface area contributed by atoms with Gasteiger partial charge in [-0.25, -0.2) is 11.6 Å². The molecule has 176 valence electrons. The summed E-state index contributed by atoms with van der Waals surface area (Å²) in [5.74, 6) is 0.